The Labute approximate surface area is 171 Å². The number of hydrogen-bond acceptors (Lipinski definition) is 4. The van der Waals surface area contributed by atoms with Crippen LogP contribution in [0.25, 0.3) is 11.0 Å². The van der Waals surface area contributed by atoms with Crippen LogP contribution in [-0.4, -0.2) is 22.0 Å². The number of rotatable bonds is 3. The maximum atomic E-state index is 12.3. The van der Waals surface area contributed by atoms with Gasteiger partial charge in [-0.2, -0.15) is 0 Å². The highest BCUT2D eigenvalue weighted by atomic mass is 35.5. The summed E-state index contributed by atoms with van der Waals surface area (Å²) >= 11 is 7.54. The van der Waals surface area contributed by atoms with Crippen molar-refractivity contribution >= 4 is 51.3 Å². The maximum absolute atomic E-state index is 12.3. The highest BCUT2D eigenvalue weighted by molar-refractivity contribution is 7.12. The standard InChI is InChI=1S/C21H17ClN4OS/c22-14-6-7-18-17(11-14)24-20-13-25(8-9-26(18)20)16-4-1-3-15(12-16)23-21(27)19-5-2-10-28-19/h1-7,10-12H,8-9,13H2,(H,23,27). The molecule has 0 atom stereocenters. The molecule has 28 heavy (non-hydrogen) atoms. The molecule has 140 valence electrons. The Morgan fingerprint density at radius 2 is 2.04 bits per heavy atom. The van der Waals surface area contributed by atoms with E-state index in [1.807, 2.05) is 53.9 Å². The molecule has 0 saturated heterocycles. The van der Waals surface area contributed by atoms with E-state index in [1.54, 1.807) is 0 Å². The molecular weight excluding hydrogens is 392 g/mol. The van der Waals surface area contributed by atoms with E-state index in [-0.39, 0.29) is 5.91 Å². The van der Waals surface area contributed by atoms with E-state index >= 15 is 0 Å². The van der Waals surface area contributed by atoms with E-state index in [1.165, 1.54) is 11.3 Å². The molecule has 0 saturated carbocycles. The van der Waals surface area contributed by atoms with Crippen molar-refractivity contribution in [1.82, 2.24) is 9.55 Å². The summed E-state index contributed by atoms with van der Waals surface area (Å²) in [6.45, 7) is 2.46. The summed E-state index contributed by atoms with van der Waals surface area (Å²) in [5.74, 6) is 0.945. The third-order valence-electron chi connectivity index (χ3n) is 4.93. The van der Waals surface area contributed by atoms with Gasteiger partial charge in [0.15, 0.2) is 0 Å². The van der Waals surface area contributed by atoms with Crippen molar-refractivity contribution in [2.24, 2.45) is 0 Å². The van der Waals surface area contributed by atoms with Gasteiger partial charge in [-0.15, -0.1) is 11.3 Å². The van der Waals surface area contributed by atoms with Crippen molar-refractivity contribution in [3.8, 4) is 0 Å². The number of fused-ring (bicyclic) bond motifs is 3. The smallest absolute Gasteiger partial charge is 0.265 e. The summed E-state index contributed by atoms with van der Waals surface area (Å²) < 4.78 is 2.25. The van der Waals surface area contributed by atoms with E-state index in [0.717, 1.165) is 41.3 Å². The molecule has 7 heteroatoms. The number of aromatic nitrogens is 2. The second-order valence-electron chi connectivity index (χ2n) is 6.72. The zero-order valence-corrected chi connectivity index (χ0v) is 16.5. The largest absolute Gasteiger partial charge is 0.362 e. The monoisotopic (exact) mass is 408 g/mol. The summed E-state index contributed by atoms with van der Waals surface area (Å²) in [7, 11) is 0. The predicted octanol–water partition coefficient (Wildman–Crippen LogP) is 5.02. The minimum Gasteiger partial charge on any atom is -0.362 e. The Morgan fingerprint density at radius 3 is 2.89 bits per heavy atom. The molecule has 2 aromatic heterocycles. The third kappa shape index (κ3) is 3.15. The first-order valence-electron chi connectivity index (χ1n) is 9.02. The average Bonchev–Trinajstić information content (AvgIpc) is 3.35. The fourth-order valence-corrected chi connectivity index (χ4v) is 4.38. The van der Waals surface area contributed by atoms with Crippen molar-refractivity contribution in [3.63, 3.8) is 0 Å². The molecule has 5 nitrogen and oxygen atoms in total. The zero-order valence-electron chi connectivity index (χ0n) is 14.9. The number of amides is 1. The van der Waals surface area contributed by atoms with Crippen molar-refractivity contribution in [1.29, 1.82) is 0 Å². The number of thiophene rings is 1. The molecule has 0 unspecified atom stereocenters. The normalized spacial score (nSPS) is 13.5. The molecule has 0 aliphatic carbocycles. The second-order valence-corrected chi connectivity index (χ2v) is 8.10. The quantitative estimate of drug-likeness (QED) is 0.517. The van der Waals surface area contributed by atoms with Crippen LogP contribution < -0.4 is 10.2 Å². The summed E-state index contributed by atoms with van der Waals surface area (Å²) in [6, 6.07) is 17.5. The molecule has 1 N–H and O–H groups in total. The fourth-order valence-electron chi connectivity index (χ4n) is 3.59. The number of nitrogens with zero attached hydrogens (tertiary/aromatic N) is 3. The van der Waals surface area contributed by atoms with Gasteiger partial charge in [0.2, 0.25) is 0 Å². The van der Waals surface area contributed by atoms with Crippen molar-refractivity contribution in [3.05, 3.63) is 75.7 Å². The number of halogens is 1. The van der Waals surface area contributed by atoms with Gasteiger partial charge in [-0.1, -0.05) is 23.7 Å². The minimum atomic E-state index is -0.0792. The number of carbonyl (C=O) groups is 1. The van der Waals surface area contributed by atoms with E-state index in [4.69, 9.17) is 16.6 Å². The maximum Gasteiger partial charge on any atom is 0.265 e. The molecular formula is C21H17ClN4OS. The Balaban J connectivity index is 1.39. The number of hydrogen-bond donors (Lipinski definition) is 1. The number of imidazole rings is 1. The Morgan fingerprint density at radius 1 is 1.11 bits per heavy atom. The number of anilines is 2. The molecule has 0 radical (unpaired) electrons. The first-order valence-corrected chi connectivity index (χ1v) is 10.3. The number of carbonyl (C=O) groups excluding carboxylic acids is 1. The lowest BCUT2D eigenvalue weighted by Crippen LogP contribution is -2.33. The van der Waals surface area contributed by atoms with Crippen LogP contribution in [0.1, 0.15) is 15.5 Å². The van der Waals surface area contributed by atoms with Gasteiger partial charge >= 0.3 is 0 Å². The molecule has 0 spiro atoms. The van der Waals surface area contributed by atoms with E-state index < -0.39 is 0 Å². The van der Waals surface area contributed by atoms with E-state index in [2.05, 4.69) is 20.9 Å². The van der Waals surface area contributed by atoms with Crippen LogP contribution in [0.5, 0.6) is 0 Å². The molecule has 3 heterocycles. The van der Waals surface area contributed by atoms with Crippen LogP contribution in [0, 0.1) is 0 Å². The lowest BCUT2D eigenvalue weighted by atomic mass is 10.2. The lowest BCUT2D eigenvalue weighted by molar-refractivity contribution is 0.103. The Bertz CT molecular complexity index is 1170. The van der Waals surface area contributed by atoms with Crippen LogP contribution in [-0.2, 0) is 13.1 Å². The van der Waals surface area contributed by atoms with Crippen LogP contribution >= 0.6 is 22.9 Å². The van der Waals surface area contributed by atoms with Gasteiger partial charge in [-0.25, -0.2) is 4.98 Å². The average molecular weight is 409 g/mol. The highest BCUT2D eigenvalue weighted by Crippen LogP contribution is 2.28. The molecule has 1 aliphatic rings. The molecule has 1 amide bonds. The van der Waals surface area contributed by atoms with Crippen molar-refractivity contribution < 1.29 is 4.79 Å². The third-order valence-corrected chi connectivity index (χ3v) is 6.03. The van der Waals surface area contributed by atoms with Gasteiger partial charge in [0, 0.05) is 29.5 Å². The van der Waals surface area contributed by atoms with Gasteiger partial charge in [0.25, 0.3) is 5.91 Å². The van der Waals surface area contributed by atoms with Gasteiger partial charge in [0.1, 0.15) is 5.82 Å². The topological polar surface area (TPSA) is 50.2 Å². The van der Waals surface area contributed by atoms with E-state index in [0.29, 0.717) is 16.4 Å². The first kappa shape index (κ1) is 17.3. The SMILES string of the molecule is O=C(Nc1cccc(N2CCn3c(nc4cc(Cl)ccc43)C2)c1)c1cccs1. The molecule has 5 rings (SSSR count). The summed E-state index contributed by atoms with van der Waals surface area (Å²) in [6.07, 6.45) is 0. The molecule has 4 aromatic rings. The molecule has 0 fully saturated rings. The first-order chi connectivity index (χ1) is 13.7. The Hall–Kier alpha value is -2.83. The molecule has 0 bridgehead atoms. The summed E-state index contributed by atoms with van der Waals surface area (Å²) in [5.41, 5.74) is 3.92. The second kappa shape index (κ2) is 6.96. The summed E-state index contributed by atoms with van der Waals surface area (Å²) in [5, 5.41) is 5.58. The van der Waals surface area contributed by atoms with Gasteiger partial charge in [0.05, 0.1) is 22.5 Å². The number of benzene rings is 2. The van der Waals surface area contributed by atoms with E-state index in [9.17, 15) is 4.79 Å². The van der Waals surface area contributed by atoms with Gasteiger partial charge < -0.3 is 14.8 Å². The van der Waals surface area contributed by atoms with Crippen LogP contribution in [0.4, 0.5) is 11.4 Å². The predicted molar refractivity (Wildman–Crippen MR) is 115 cm³/mol. The van der Waals surface area contributed by atoms with Crippen molar-refractivity contribution in [2.45, 2.75) is 13.1 Å². The fraction of sp³-hybridized carbons (Fsp3) is 0.143. The van der Waals surface area contributed by atoms with Gasteiger partial charge in [-0.3, -0.25) is 4.79 Å². The lowest BCUT2D eigenvalue weighted by Gasteiger charge is -2.30. The zero-order chi connectivity index (χ0) is 19.1. The Kier molecular flexibility index (Phi) is 4.30. The van der Waals surface area contributed by atoms with Crippen molar-refractivity contribution in [2.75, 3.05) is 16.8 Å². The van der Waals surface area contributed by atoms with Crippen LogP contribution in [0.2, 0.25) is 5.02 Å². The van der Waals surface area contributed by atoms with Gasteiger partial charge in [-0.05, 0) is 47.8 Å². The highest BCUT2D eigenvalue weighted by Gasteiger charge is 2.21. The molecule has 1 aliphatic heterocycles. The van der Waals surface area contributed by atoms with Crippen LogP contribution in [0.15, 0.2) is 60.0 Å². The number of nitrogens with one attached hydrogen (secondary N) is 1. The molecule has 2 aromatic carbocycles. The minimum absolute atomic E-state index is 0.0792. The van der Waals surface area contributed by atoms with Crippen LogP contribution in [0.3, 0.4) is 0 Å². The summed E-state index contributed by atoms with van der Waals surface area (Å²) in [4.78, 5) is 20.1.